The number of aromatic nitrogens is 2. The van der Waals surface area contributed by atoms with Crippen LogP contribution in [0.4, 0.5) is 30.7 Å². The fraction of sp³-hybridized carbons (Fsp3) is 0.370. The Morgan fingerprint density at radius 2 is 1.43 bits per heavy atom. The molecule has 0 radical (unpaired) electrons. The van der Waals surface area contributed by atoms with E-state index < -0.39 is 30.4 Å². The number of aliphatic hydroxyl groups excluding tert-OH is 1. The number of nitrogens with zero attached hydrogens (tertiary/aromatic N) is 3. The van der Waals surface area contributed by atoms with Crippen molar-refractivity contribution in [3.8, 4) is 11.1 Å². The summed E-state index contributed by atoms with van der Waals surface area (Å²) in [5.41, 5.74) is 3.17. The fourth-order valence-electron chi connectivity index (χ4n) is 4.08. The van der Waals surface area contributed by atoms with Crippen LogP contribution in [0.2, 0.25) is 0 Å². The summed E-state index contributed by atoms with van der Waals surface area (Å²) in [5.74, 6) is -4.73. The van der Waals surface area contributed by atoms with E-state index in [0.717, 1.165) is 49.4 Å². The largest absolute Gasteiger partial charge is 0.490 e. The van der Waals surface area contributed by atoms with Crippen molar-refractivity contribution < 1.29 is 55.6 Å². The van der Waals surface area contributed by atoms with Crippen LogP contribution in [0, 0.1) is 11.7 Å². The minimum Gasteiger partial charge on any atom is -0.475 e. The fourth-order valence-corrected chi connectivity index (χ4v) is 4.08. The van der Waals surface area contributed by atoms with Crippen LogP contribution in [0.5, 0.6) is 0 Å². The molecule has 0 saturated carbocycles. The van der Waals surface area contributed by atoms with Gasteiger partial charge in [-0.25, -0.2) is 19.0 Å². The second-order valence-electron chi connectivity index (χ2n) is 9.27. The molecular formula is C27H28F7N3O5. The van der Waals surface area contributed by atoms with Crippen molar-refractivity contribution in [1.82, 2.24) is 14.5 Å². The Kier molecular flexibility index (Phi) is 12.0. The number of aliphatic carboxylic acids is 2. The van der Waals surface area contributed by atoms with E-state index in [9.17, 15) is 35.8 Å². The minimum absolute atomic E-state index is 0.212. The molecule has 0 amide bonds. The van der Waals surface area contributed by atoms with Gasteiger partial charge < -0.3 is 19.9 Å². The first-order valence-electron chi connectivity index (χ1n) is 12.3. The van der Waals surface area contributed by atoms with E-state index in [2.05, 4.69) is 22.0 Å². The highest BCUT2D eigenvalue weighted by molar-refractivity contribution is 5.73. The maximum atomic E-state index is 13.5. The molecule has 0 spiro atoms. The lowest BCUT2D eigenvalue weighted by Crippen LogP contribution is -2.35. The number of hydrogen-bond acceptors (Lipinski definition) is 5. The van der Waals surface area contributed by atoms with Gasteiger partial charge in [0, 0.05) is 26.0 Å². The van der Waals surface area contributed by atoms with E-state index >= 15 is 0 Å². The van der Waals surface area contributed by atoms with Crippen LogP contribution in [0.1, 0.15) is 30.3 Å². The quantitative estimate of drug-likeness (QED) is 0.331. The number of carboxylic acids is 2. The summed E-state index contributed by atoms with van der Waals surface area (Å²) in [6, 6.07) is 15.0. The van der Waals surface area contributed by atoms with Gasteiger partial charge in [-0.05, 0) is 66.7 Å². The number of piperidine rings is 1. The Bertz CT molecular complexity index is 1300. The third kappa shape index (κ3) is 10.8. The smallest absolute Gasteiger partial charge is 0.475 e. The summed E-state index contributed by atoms with van der Waals surface area (Å²) >= 11 is 0. The molecule has 0 bridgehead atoms. The number of aryl methyl sites for hydroxylation is 1. The van der Waals surface area contributed by atoms with Gasteiger partial charge in [0.2, 0.25) is 0 Å². The highest BCUT2D eigenvalue weighted by Crippen LogP contribution is 2.30. The Balaban J connectivity index is 0.000000367. The lowest BCUT2D eigenvalue weighted by Gasteiger charge is -2.34. The van der Waals surface area contributed by atoms with Crippen LogP contribution >= 0.6 is 0 Å². The van der Waals surface area contributed by atoms with Crippen LogP contribution in [0.25, 0.3) is 11.1 Å². The molecule has 1 aromatic heterocycles. The van der Waals surface area contributed by atoms with E-state index in [4.69, 9.17) is 19.8 Å². The third-order valence-corrected chi connectivity index (χ3v) is 6.18. The van der Waals surface area contributed by atoms with Crippen molar-refractivity contribution in [2.24, 2.45) is 13.0 Å². The minimum atomic E-state index is -5.08. The SMILES string of the molecule is Cn1ccnc1C(O)C1CCN(Cc2cccc(-c3cccc(F)c3)c2)CC1.O=C(O)C(F)(F)F.O=C(O)C(F)(F)F. The zero-order valence-electron chi connectivity index (χ0n) is 22.1. The molecule has 1 saturated heterocycles. The number of imidazole rings is 1. The van der Waals surface area contributed by atoms with Crippen molar-refractivity contribution >= 4 is 11.9 Å². The Morgan fingerprint density at radius 1 is 0.929 bits per heavy atom. The maximum absolute atomic E-state index is 13.5. The van der Waals surface area contributed by atoms with E-state index in [1.165, 1.54) is 11.6 Å². The van der Waals surface area contributed by atoms with Gasteiger partial charge in [-0.1, -0.05) is 30.3 Å². The van der Waals surface area contributed by atoms with E-state index in [1.54, 1.807) is 18.3 Å². The van der Waals surface area contributed by atoms with Crippen molar-refractivity contribution in [3.63, 3.8) is 0 Å². The van der Waals surface area contributed by atoms with Gasteiger partial charge >= 0.3 is 24.3 Å². The number of likely N-dealkylation sites (tertiary alicyclic amines) is 1. The van der Waals surface area contributed by atoms with E-state index in [0.29, 0.717) is 0 Å². The third-order valence-electron chi connectivity index (χ3n) is 6.18. The lowest BCUT2D eigenvalue weighted by molar-refractivity contribution is -0.193. The van der Waals surface area contributed by atoms with Crippen molar-refractivity contribution in [2.45, 2.75) is 37.8 Å². The Morgan fingerprint density at radius 3 is 1.88 bits per heavy atom. The van der Waals surface area contributed by atoms with Gasteiger partial charge in [0.15, 0.2) is 0 Å². The monoisotopic (exact) mass is 607 g/mol. The highest BCUT2D eigenvalue weighted by Gasteiger charge is 2.39. The number of carboxylic acid groups (broad SMARTS) is 2. The van der Waals surface area contributed by atoms with E-state index in [-0.39, 0.29) is 11.7 Å². The first kappa shape index (κ1) is 34.2. The highest BCUT2D eigenvalue weighted by atomic mass is 19.4. The lowest BCUT2D eigenvalue weighted by atomic mass is 9.90. The number of carbonyl (C=O) groups is 2. The predicted molar refractivity (Wildman–Crippen MR) is 135 cm³/mol. The average Bonchev–Trinajstić information content (AvgIpc) is 3.34. The number of hydrogen-bond donors (Lipinski definition) is 3. The van der Waals surface area contributed by atoms with Gasteiger partial charge in [0.25, 0.3) is 0 Å². The number of rotatable bonds is 5. The summed E-state index contributed by atoms with van der Waals surface area (Å²) in [6.45, 7) is 2.78. The molecule has 15 heteroatoms. The molecule has 4 rings (SSSR count). The molecule has 1 fully saturated rings. The predicted octanol–water partition coefficient (Wildman–Crippen LogP) is 5.44. The summed E-state index contributed by atoms with van der Waals surface area (Å²) in [4.78, 5) is 24.5. The molecular weight excluding hydrogens is 579 g/mol. The molecule has 1 aliphatic rings. The molecule has 1 atom stereocenters. The number of benzene rings is 2. The van der Waals surface area contributed by atoms with Crippen molar-refractivity contribution in [1.29, 1.82) is 0 Å². The van der Waals surface area contributed by atoms with Crippen LogP contribution in [0.3, 0.4) is 0 Å². The maximum Gasteiger partial charge on any atom is 0.490 e. The number of halogens is 7. The molecule has 2 heterocycles. The molecule has 3 N–H and O–H groups in total. The van der Waals surface area contributed by atoms with Crippen LogP contribution in [-0.2, 0) is 23.2 Å². The van der Waals surface area contributed by atoms with Crippen LogP contribution in [0.15, 0.2) is 60.9 Å². The average molecular weight is 608 g/mol. The van der Waals surface area contributed by atoms with Crippen LogP contribution < -0.4 is 0 Å². The van der Waals surface area contributed by atoms with Crippen LogP contribution in [-0.4, -0.2) is 67.2 Å². The number of alkyl halides is 6. The van der Waals surface area contributed by atoms with Gasteiger partial charge in [-0.3, -0.25) is 4.90 Å². The van der Waals surface area contributed by atoms with Gasteiger partial charge in [0.1, 0.15) is 17.7 Å². The molecule has 1 aliphatic heterocycles. The molecule has 230 valence electrons. The van der Waals surface area contributed by atoms with Crippen molar-refractivity contribution in [2.75, 3.05) is 13.1 Å². The second kappa shape index (κ2) is 14.8. The first-order valence-corrected chi connectivity index (χ1v) is 12.3. The standard InChI is InChI=1S/C23H26FN3O.2C2HF3O2/c1-26-13-10-25-23(26)22(28)18-8-11-27(12-9-18)16-17-4-2-5-19(14-17)20-6-3-7-21(24)15-20;2*3-2(4,5)1(6)7/h2-7,10,13-15,18,22,28H,8-9,11-12,16H2,1H3;2*(H,6,7). The van der Waals surface area contributed by atoms with Gasteiger partial charge in [-0.2, -0.15) is 26.3 Å². The second-order valence-corrected chi connectivity index (χ2v) is 9.27. The van der Waals surface area contributed by atoms with Crippen molar-refractivity contribution in [3.05, 3.63) is 78.1 Å². The topological polar surface area (TPSA) is 116 Å². The molecule has 42 heavy (non-hydrogen) atoms. The zero-order chi connectivity index (χ0) is 31.7. The molecule has 8 nitrogen and oxygen atoms in total. The summed E-state index contributed by atoms with van der Waals surface area (Å²) in [6.07, 6.45) is -5.15. The summed E-state index contributed by atoms with van der Waals surface area (Å²) in [5, 5.41) is 24.9. The Hall–Kier alpha value is -3.98. The van der Waals surface area contributed by atoms with E-state index in [1.807, 2.05) is 36.0 Å². The first-order chi connectivity index (χ1) is 19.5. The molecule has 0 aliphatic carbocycles. The summed E-state index contributed by atoms with van der Waals surface area (Å²) < 4.78 is 78.9. The normalized spacial score (nSPS) is 15.1. The number of aliphatic hydroxyl groups is 1. The summed E-state index contributed by atoms with van der Waals surface area (Å²) in [7, 11) is 1.92. The zero-order valence-corrected chi connectivity index (χ0v) is 22.1. The molecule has 1 unspecified atom stereocenters. The van der Waals surface area contributed by atoms with Gasteiger partial charge in [-0.15, -0.1) is 0 Å². The molecule has 2 aromatic carbocycles. The molecule has 3 aromatic rings. The van der Waals surface area contributed by atoms with Gasteiger partial charge in [0.05, 0.1) is 0 Å². The Labute approximate surface area is 235 Å².